The van der Waals surface area contributed by atoms with Gasteiger partial charge in [-0.3, -0.25) is 9.59 Å². The van der Waals surface area contributed by atoms with E-state index in [2.05, 4.69) is 34.7 Å². The molecule has 1 unspecified atom stereocenters. The molecule has 0 spiro atoms. The Bertz CT molecular complexity index is 590. The number of hydrogen-bond acceptors (Lipinski definition) is 4. The fraction of sp³-hybridized carbons (Fsp3) is 0.944. The molecule has 5 heteroatoms. The largest absolute Gasteiger partial charge is 0.461 e. The van der Waals surface area contributed by atoms with Crippen LogP contribution in [0.3, 0.4) is 0 Å². The van der Waals surface area contributed by atoms with Gasteiger partial charge in [0.05, 0.1) is 20.1 Å². The Morgan fingerprint density at radius 1 is 0.512 bits per heavy atom. The Hall–Kier alpha value is -1.10. The maximum absolute atomic E-state index is 12.6. The van der Waals surface area contributed by atoms with Crippen LogP contribution >= 0.6 is 0 Å². The van der Waals surface area contributed by atoms with Gasteiger partial charge in [-0.25, -0.2) is 0 Å². The maximum Gasteiger partial charge on any atom is 0.306 e. The molecular weight excluding hydrogens is 510 g/mol. The molecule has 0 aromatic heterocycles. The molecule has 0 radical (unpaired) electrons. The van der Waals surface area contributed by atoms with Crippen LogP contribution in [0.1, 0.15) is 182 Å². The Morgan fingerprint density at radius 3 is 1.22 bits per heavy atom. The molecule has 1 atom stereocenters. The zero-order chi connectivity index (χ0) is 30.4. The molecule has 0 saturated heterocycles. The highest BCUT2D eigenvalue weighted by Gasteiger charge is 2.27. The van der Waals surface area contributed by atoms with Gasteiger partial charge in [-0.05, 0) is 26.7 Å². The molecule has 0 aliphatic heterocycles. The molecule has 0 aliphatic carbocycles. The van der Waals surface area contributed by atoms with Gasteiger partial charge in [0.1, 0.15) is 13.2 Å². The molecule has 0 N–H and O–H groups in total. The quantitative estimate of drug-likeness (QED) is 0.0463. The Labute approximate surface area is 256 Å². The summed E-state index contributed by atoms with van der Waals surface area (Å²) < 4.78 is 12.3. The molecule has 0 aromatic rings. The third kappa shape index (κ3) is 26.3. The van der Waals surface area contributed by atoms with Crippen molar-refractivity contribution < 1.29 is 23.5 Å². The number of quaternary nitrogens is 1. The number of carbonyl (C=O) groups excluding carboxylic acids is 2. The average molecular weight is 583 g/mol. The molecule has 0 amide bonds. The van der Waals surface area contributed by atoms with E-state index in [0.29, 0.717) is 19.4 Å². The van der Waals surface area contributed by atoms with E-state index >= 15 is 0 Å². The summed E-state index contributed by atoms with van der Waals surface area (Å²) >= 11 is 0. The molecule has 0 fully saturated rings. The summed E-state index contributed by atoms with van der Waals surface area (Å²) in [6.07, 6.45) is 28.3. The summed E-state index contributed by atoms with van der Waals surface area (Å²) in [4.78, 5) is 25.1. The minimum atomic E-state index is -0.374. The Kier molecular flexibility index (Phi) is 28.2. The van der Waals surface area contributed by atoms with Crippen molar-refractivity contribution in [3.63, 3.8) is 0 Å². The van der Waals surface area contributed by atoms with E-state index in [1.54, 1.807) is 0 Å². The smallest absolute Gasteiger partial charge is 0.306 e. The van der Waals surface area contributed by atoms with E-state index in [9.17, 15) is 9.59 Å². The average Bonchev–Trinajstić information content (AvgIpc) is 2.97. The van der Waals surface area contributed by atoms with E-state index in [-0.39, 0.29) is 24.6 Å². The second kappa shape index (κ2) is 29.0. The first-order valence-electron chi connectivity index (χ1n) is 18.1. The van der Waals surface area contributed by atoms with E-state index in [4.69, 9.17) is 9.47 Å². The van der Waals surface area contributed by atoms with Crippen LogP contribution in [0.25, 0.3) is 0 Å². The number of rotatable bonds is 31. The Morgan fingerprint density at radius 2 is 0.854 bits per heavy atom. The van der Waals surface area contributed by atoms with Crippen LogP contribution in [-0.2, 0) is 19.1 Å². The minimum absolute atomic E-state index is 0.147. The molecule has 0 aliphatic rings. The number of likely N-dealkylation sites (N-methyl/N-ethyl adjacent to an activating group) is 1. The molecule has 0 aromatic carbocycles. The number of unbranched alkanes of at least 4 members (excludes halogenated alkanes) is 20. The van der Waals surface area contributed by atoms with Gasteiger partial charge >= 0.3 is 11.9 Å². The highest BCUT2D eigenvalue weighted by Crippen LogP contribution is 2.15. The van der Waals surface area contributed by atoms with Crippen LogP contribution in [0.4, 0.5) is 0 Å². The van der Waals surface area contributed by atoms with E-state index in [0.717, 1.165) is 43.3 Å². The van der Waals surface area contributed by atoms with Crippen molar-refractivity contribution in [1.82, 2.24) is 0 Å². The van der Waals surface area contributed by atoms with Crippen molar-refractivity contribution in [2.24, 2.45) is 0 Å². The summed E-state index contributed by atoms with van der Waals surface area (Å²) in [6.45, 7) is 11.6. The summed E-state index contributed by atoms with van der Waals surface area (Å²) in [7, 11) is 2.18. The van der Waals surface area contributed by atoms with Gasteiger partial charge in [0.15, 0.2) is 6.10 Å². The third-order valence-electron chi connectivity index (χ3n) is 8.87. The number of nitrogens with zero attached hydrogens (tertiary/aromatic N) is 1. The monoisotopic (exact) mass is 583 g/mol. The topological polar surface area (TPSA) is 52.6 Å². The standard InChI is InChI=1S/C36H72NO4/c1-6-10-12-14-16-18-20-22-24-26-28-30-35(38)40-33-34(32-37(5,8-3)9-4)41-36(39)31-29-27-25-23-21-19-17-15-13-11-7-2/h34H,6-33H2,1-5H3/q+1. The van der Waals surface area contributed by atoms with Crippen LogP contribution in [-0.4, -0.2) is 55.8 Å². The molecule has 0 saturated carbocycles. The summed E-state index contributed by atoms with van der Waals surface area (Å²) in [5.41, 5.74) is 0. The number of hydrogen-bond donors (Lipinski definition) is 0. The second-order valence-corrected chi connectivity index (χ2v) is 12.8. The predicted molar refractivity (Wildman–Crippen MR) is 175 cm³/mol. The highest BCUT2D eigenvalue weighted by atomic mass is 16.6. The normalized spacial score (nSPS) is 12.4. The summed E-state index contributed by atoms with van der Waals surface area (Å²) in [5, 5.41) is 0. The van der Waals surface area contributed by atoms with Crippen molar-refractivity contribution in [3.05, 3.63) is 0 Å². The van der Waals surface area contributed by atoms with Crippen LogP contribution < -0.4 is 0 Å². The predicted octanol–water partition coefficient (Wildman–Crippen LogP) is 10.3. The molecule has 0 rings (SSSR count). The van der Waals surface area contributed by atoms with E-state index in [1.807, 2.05) is 0 Å². The maximum atomic E-state index is 12.6. The van der Waals surface area contributed by atoms with Crippen molar-refractivity contribution in [3.8, 4) is 0 Å². The first kappa shape index (κ1) is 39.9. The van der Waals surface area contributed by atoms with Gasteiger partial charge in [0.25, 0.3) is 0 Å². The van der Waals surface area contributed by atoms with Crippen molar-refractivity contribution in [2.45, 2.75) is 188 Å². The lowest BCUT2D eigenvalue weighted by Crippen LogP contribution is -2.50. The van der Waals surface area contributed by atoms with Gasteiger partial charge < -0.3 is 14.0 Å². The zero-order valence-electron chi connectivity index (χ0n) is 28.5. The van der Waals surface area contributed by atoms with Gasteiger partial charge in [-0.2, -0.15) is 0 Å². The minimum Gasteiger partial charge on any atom is -0.461 e. The molecule has 0 bridgehead atoms. The van der Waals surface area contributed by atoms with Crippen LogP contribution in [0.5, 0.6) is 0 Å². The molecular formula is C36H72NO4+. The van der Waals surface area contributed by atoms with Gasteiger partial charge in [-0.15, -0.1) is 0 Å². The zero-order valence-corrected chi connectivity index (χ0v) is 28.5. The van der Waals surface area contributed by atoms with Crippen LogP contribution in [0.2, 0.25) is 0 Å². The van der Waals surface area contributed by atoms with Crippen LogP contribution in [0, 0.1) is 0 Å². The fourth-order valence-electron chi connectivity index (χ4n) is 5.47. The van der Waals surface area contributed by atoms with E-state index < -0.39 is 0 Å². The molecule has 41 heavy (non-hydrogen) atoms. The first-order valence-corrected chi connectivity index (χ1v) is 18.1. The third-order valence-corrected chi connectivity index (χ3v) is 8.87. The number of esters is 2. The van der Waals surface area contributed by atoms with E-state index in [1.165, 1.54) is 116 Å². The van der Waals surface area contributed by atoms with Gasteiger partial charge in [0.2, 0.25) is 0 Å². The van der Waals surface area contributed by atoms with Crippen molar-refractivity contribution >= 4 is 11.9 Å². The lowest BCUT2D eigenvalue weighted by atomic mass is 10.1. The molecule has 0 heterocycles. The van der Waals surface area contributed by atoms with Gasteiger partial charge in [0, 0.05) is 12.8 Å². The molecule has 244 valence electrons. The molecule has 5 nitrogen and oxygen atoms in total. The van der Waals surface area contributed by atoms with Crippen molar-refractivity contribution in [1.29, 1.82) is 0 Å². The lowest BCUT2D eigenvalue weighted by molar-refractivity contribution is -0.908. The fourth-order valence-corrected chi connectivity index (χ4v) is 5.47. The first-order chi connectivity index (χ1) is 19.9. The second-order valence-electron chi connectivity index (χ2n) is 12.8. The lowest BCUT2D eigenvalue weighted by Gasteiger charge is -2.35. The summed E-state index contributed by atoms with van der Waals surface area (Å²) in [6, 6.07) is 0. The van der Waals surface area contributed by atoms with Crippen molar-refractivity contribution in [2.75, 3.05) is 33.3 Å². The van der Waals surface area contributed by atoms with Gasteiger partial charge in [-0.1, -0.05) is 142 Å². The summed E-state index contributed by atoms with van der Waals surface area (Å²) in [5.74, 6) is -0.305. The van der Waals surface area contributed by atoms with Crippen LogP contribution in [0.15, 0.2) is 0 Å². The number of ether oxygens (including phenoxy) is 2. The SMILES string of the molecule is CCCCCCCCCCCCCC(=O)OCC(C[N+](C)(CC)CC)OC(=O)CCCCCCCCCCCCC. The Balaban J connectivity index is 4.15. The number of carbonyl (C=O) groups is 2. The highest BCUT2D eigenvalue weighted by molar-refractivity contribution is 5.70.